The van der Waals surface area contributed by atoms with Crippen LogP contribution in [0.2, 0.25) is 0 Å². The van der Waals surface area contributed by atoms with E-state index >= 15 is 0 Å². The minimum absolute atomic E-state index is 0.144. The summed E-state index contributed by atoms with van der Waals surface area (Å²) in [6.45, 7) is 2.32. The van der Waals surface area contributed by atoms with Crippen molar-refractivity contribution in [3.8, 4) is 45.3 Å². The average molecular weight is 855 g/mol. The monoisotopic (exact) mass is 854 g/mol. The van der Waals surface area contributed by atoms with Gasteiger partial charge in [0.1, 0.15) is 22.3 Å². The molecule has 4 aliphatic rings. The summed E-state index contributed by atoms with van der Waals surface area (Å²) in [7, 11) is 0. The van der Waals surface area contributed by atoms with E-state index in [1.165, 1.54) is 10.9 Å². The molecule has 0 bridgehead atoms. The number of fused-ring (bicyclic) bond motifs is 13. The molecule has 2 aromatic heterocycles. The number of para-hydroxylation sites is 3. The molecule has 0 unspecified atom stereocenters. The maximum Gasteiger partial charge on any atom is 0.252 e. The van der Waals surface area contributed by atoms with Crippen LogP contribution in [-0.4, -0.2) is 20.3 Å². The van der Waals surface area contributed by atoms with Crippen LogP contribution in [0.5, 0.6) is 23.0 Å². The van der Waals surface area contributed by atoms with Gasteiger partial charge in [0, 0.05) is 44.3 Å². The molecule has 0 fully saturated rings. The molecule has 0 N–H and O–H groups in total. The molecule has 0 amide bonds. The zero-order valence-corrected chi connectivity index (χ0v) is 35.5. The van der Waals surface area contributed by atoms with Gasteiger partial charge in [-0.15, -0.1) is 0 Å². The Morgan fingerprint density at radius 3 is 1.74 bits per heavy atom. The molecule has 312 valence electrons. The van der Waals surface area contributed by atoms with E-state index in [4.69, 9.17) is 27.8 Å². The number of hydrogen-bond acceptors (Lipinski definition) is 8. The first-order valence-electron chi connectivity index (χ1n) is 22.2. The normalized spacial score (nSPS) is 14.1. The molecule has 9 aromatic carbocycles. The zero-order valence-electron chi connectivity index (χ0n) is 35.5. The largest absolute Gasteiger partial charge is 0.456 e. The number of aryl methyl sites for hydroxylation is 1. The standard InChI is InChI=1S/C57H35BN2O6/c1-32-24-46-54-47(25-32)60(44-12-7-15-50-56(44)63-30-61-50)55-43(22-23-51-57(55)64-31-62-51)58(54)42-21-18-34(36-17-20-41-39-11-3-5-14-49(39)66-53(41)29-36)27-45(42)59(46)37-9-6-8-33(26-37)35-16-19-40-38-10-2-4-13-48(38)65-52(40)28-35/h2-29H,30-31H2,1H3. The molecule has 0 aliphatic carbocycles. The number of hydrogen-bond donors (Lipinski definition) is 0. The first kappa shape index (κ1) is 35.9. The molecule has 4 aliphatic heterocycles. The van der Waals surface area contributed by atoms with Crippen LogP contribution in [0.4, 0.5) is 34.1 Å². The third-order valence-corrected chi connectivity index (χ3v) is 13.9. The minimum atomic E-state index is -0.151. The van der Waals surface area contributed by atoms with E-state index in [-0.39, 0.29) is 20.3 Å². The van der Waals surface area contributed by atoms with Crippen molar-refractivity contribution in [2.24, 2.45) is 0 Å². The molecule has 0 spiro atoms. The molecule has 11 aromatic rings. The van der Waals surface area contributed by atoms with Crippen LogP contribution in [-0.2, 0) is 0 Å². The van der Waals surface area contributed by atoms with E-state index < -0.39 is 0 Å². The maximum absolute atomic E-state index is 6.42. The molecular weight excluding hydrogens is 819 g/mol. The van der Waals surface area contributed by atoms with Crippen molar-refractivity contribution in [1.82, 2.24) is 0 Å². The fraction of sp³-hybridized carbons (Fsp3) is 0.0526. The number of rotatable bonds is 4. The second kappa shape index (κ2) is 13.2. The van der Waals surface area contributed by atoms with Crippen LogP contribution in [0.3, 0.4) is 0 Å². The fourth-order valence-corrected chi connectivity index (χ4v) is 11.0. The topological polar surface area (TPSA) is 69.7 Å². The summed E-state index contributed by atoms with van der Waals surface area (Å²) >= 11 is 0. The first-order chi connectivity index (χ1) is 32.6. The summed E-state index contributed by atoms with van der Waals surface area (Å²) in [4.78, 5) is 4.76. The lowest BCUT2D eigenvalue weighted by atomic mass is 9.33. The Hall–Kier alpha value is -8.56. The minimum Gasteiger partial charge on any atom is -0.456 e. The molecule has 15 rings (SSSR count). The predicted octanol–water partition coefficient (Wildman–Crippen LogP) is 12.7. The third-order valence-electron chi connectivity index (χ3n) is 13.9. The van der Waals surface area contributed by atoms with Gasteiger partial charge in [0.2, 0.25) is 13.6 Å². The van der Waals surface area contributed by atoms with Crippen LogP contribution in [0.15, 0.2) is 179 Å². The molecular formula is C57H35BN2O6. The van der Waals surface area contributed by atoms with E-state index in [2.05, 4.69) is 150 Å². The number of benzene rings is 9. The lowest BCUT2D eigenvalue weighted by molar-refractivity contribution is 0.174. The molecule has 0 saturated heterocycles. The molecule has 66 heavy (non-hydrogen) atoms. The molecule has 0 atom stereocenters. The Labute approximate surface area is 378 Å². The first-order valence-corrected chi connectivity index (χ1v) is 22.2. The van der Waals surface area contributed by atoms with Gasteiger partial charge in [0.25, 0.3) is 6.71 Å². The van der Waals surface area contributed by atoms with Gasteiger partial charge >= 0.3 is 0 Å². The van der Waals surface area contributed by atoms with Crippen molar-refractivity contribution in [2.75, 3.05) is 23.4 Å². The van der Waals surface area contributed by atoms with Crippen LogP contribution >= 0.6 is 0 Å². The number of nitrogens with zero attached hydrogens (tertiary/aromatic N) is 2. The molecule has 8 nitrogen and oxygen atoms in total. The molecule has 9 heteroatoms. The third kappa shape index (κ3) is 4.99. The van der Waals surface area contributed by atoms with Gasteiger partial charge in [-0.2, -0.15) is 0 Å². The molecule has 0 radical (unpaired) electrons. The number of furan rings is 2. The van der Waals surface area contributed by atoms with Gasteiger partial charge in [-0.05, 0) is 136 Å². The van der Waals surface area contributed by atoms with Crippen LogP contribution < -0.4 is 45.1 Å². The predicted molar refractivity (Wildman–Crippen MR) is 263 cm³/mol. The summed E-state index contributed by atoms with van der Waals surface area (Å²) in [6.07, 6.45) is 0. The number of anilines is 6. The SMILES string of the molecule is Cc1cc2c3c(c1)N(c1cccc4c1OCO4)c1c(ccc4c1OCO4)B3c1ccc(-c3ccc4c(c3)oc3ccccc34)cc1N2c1cccc(-c2ccc3c(c2)oc2ccccc23)c1. The summed E-state index contributed by atoms with van der Waals surface area (Å²) in [6, 6.07) is 60.3. The summed E-state index contributed by atoms with van der Waals surface area (Å²) in [5.74, 6) is 2.83. The highest BCUT2D eigenvalue weighted by atomic mass is 16.7. The lowest BCUT2D eigenvalue weighted by Crippen LogP contribution is -2.61. The highest BCUT2D eigenvalue weighted by Crippen LogP contribution is 2.54. The Morgan fingerprint density at radius 1 is 0.409 bits per heavy atom. The molecule has 6 heterocycles. The van der Waals surface area contributed by atoms with Crippen molar-refractivity contribution >= 4 is 101 Å². The quantitative estimate of drug-likeness (QED) is 0.162. The van der Waals surface area contributed by atoms with Gasteiger partial charge in [-0.3, -0.25) is 0 Å². The van der Waals surface area contributed by atoms with E-state index in [9.17, 15) is 0 Å². The van der Waals surface area contributed by atoms with Crippen molar-refractivity contribution in [1.29, 1.82) is 0 Å². The summed E-state index contributed by atoms with van der Waals surface area (Å²) in [5, 5.41) is 4.44. The Morgan fingerprint density at radius 2 is 1.00 bits per heavy atom. The van der Waals surface area contributed by atoms with E-state index in [1.54, 1.807) is 0 Å². The van der Waals surface area contributed by atoms with E-state index in [0.29, 0.717) is 23.0 Å². The van der Waals surface area contributed by atoms with Crippen LogP contribution in [0.25, 0.3) is 66.1 Å². The molecule has 0 saturated carbocycles. The summed E-state index contributed by atoms with van der Waals surface area (Å²) < 4.78 is 37.5. The van der Waals surface area contributed by atoms with Gasteiger partial charge in [-0.1, -0.05) is 84.9 Å². The van der Waals surface area contributed by atoms with Gasteiger partial charge in [0.05, 0.1) is 11.4 Å². The van der Waals surface area contributed by atoms with Crippen LogP contribution in [0, 0.1) is 6.92 Å². The highest BCUT2D eigenvalue weighted by Gasteiger charge is 2.46. The van der Waals surface area contributed by atoms with Gasteiger partial charge in [0.15, 0.2) is 23.0 Å². The van der Waals surface area contributed by atoms with Crippen molar-refractivity contribution in [3.05, 3.63) is 175 Å². The lowest BCUT2D eigenvalue weighted by Gasteiger charge is -2.44. The van der Waals surface area contributed by atoms with E-state index in [1.807, 2.05) is 36.4 Å². The number of ether oxygens (including phenoxy) is 4. The Bertz CT molecular complexity index is 3910. The fourth-order valence-electron chi connectivity index (χ4n) is 11.0. The Kier molecular flexibility index (Phi) is 7.20. The van der Waals surface area contributed by atoms with Crippen molar-refractivity contribution in [3.63, 3.8) is 0 Å². The second-order valence-corrected chi connectivity index (χ2v) is 17.5. The van der Waals surface area contributed by atoms with Gasteiger partial charge < -0.3 is 37.6 Å². The highest BCUT2D eigenvalue weighted by molar-refractivity contribution is 7.00. The van der Waals surface area contributed by atoms with Crippen molar-refractivity contribution in [2.45, 2.75) is 6.92 Å². The second-order valence-electron chi connectivity index (χ2n) is 17.5. The zero-order chi connectivity index (χ0) is 43.2. The Balaban J connectivity index is 0.978. The smallest absolute Gasteiger partial charge is 0.252 e. The average Bonchev–Trinajstić information content (AvgIpc) is 4.18. The summed E-state index contributed by atoms with van der Waals surface area (Å²) in [5.41, 5.74) is 18.5. The van der Waals surface area contributed by atoms with Crippen LogP contribution in [0.1, 0.15) is 5.56 Å². The van der Waals surface area contributed by atoms with Gasteiger partial charge in [-0.25, -0.2) is 0 Å². The maximum atomic E-state index is 6.42. The van der Waals surface area contributed by atoms with E-state index in [0.717, 1.165) is 111 Å². The van der Waals surface area contributed by atoms with Crippen molar-refractivity contribution < 1.29 is 27.8 Å².